The molecule has 0 aliphatic heterocycles. The Bertz CT molecular complexity index is 674. The number of hydrogen-bond acceptors (Lipinski definition) is 2. The summed E-state index contributed by atoms with van der Waals surface area (Å²) >= 11 is 0. The number of anilines is 1. The lowest BCUT2D eigenvalue weighted by Crippen LogP contribution is -2.35. The fourth-order valence-electron chi connectivity index (χ4n) is 2.04. The van der Waals surface area contributed by atoms with Gasteiger partial charge < -0.3 is 10.6 Å². The highest BCUT2D eigenvalue weighted by Crippen LogP contribution is 2.16. The fourth-order valence-corrected chi connectivity index (χ4v) is 3.15. The highest BCUT2D eigenvalue weighted by atomic mass is 32.2. The molecular weight excluding hydrogens is 308 g/mol. The third kappa shape index (κ3) is 5.53. The highest BCUT2D eigenvalue weighted by molar-refractivity contribution is 7.84. The maximum absolute atomic E-state index is 12.3. The zero-order valence-electron chi connectivity index (χ0n) is 13.4. The molecule has 0 heterocycles. The summed E-state index contributed by atoms with van der Waals surface area (Å²) in [6.45, 7) is 3.98. The van der Waals surface area contributed by atoms with Gasteiger partial charge in [-0.3, -0.25) is 4.21 Å². The predicted octanol–water partition coefficient (Wildman–Crippen LogP) is 3.91. The van der Waals surface area contributed by atoms with Crippen LogP contribution in [0.1, 0.15) is 25.8 Å². The molecule has 4 nitrogen and oxygen atoms in total. The van der Waals surface area contributed by atoms with Crippen LogP contribution < -0.4 is 10.6 Å². The first-order chi connectivity index (χ1) is 11.1. The second-order valence-corrected chi connectivity index (χ2v) is 6.86. The van der Waals surface area contributed by atoms with E-state index in [1.807, 2.05) is 68.4 Å². The van der Waals surface area contributed by atoms with Crippen LogP contribution in [0.3, 0.4) is 0 Å². The van der Waals surface area contributed by atoms with Crippen LogP contribution in [0.2, 0.25) is 0 Å². The molecule has 122 valence electrons. The summed E-state index contributed by atoms with van der Waals surface area (Å²) in [6, 6.07) is 16.7. The number of benzene rings is 2. The number of amides is 2. The van der Waals surface area contributed by atoms with E-state index < -0.39 is 10.8 Å². The molecule has 5 heteroatoms. The van der Waals surface area contributed by atoms with Gasteiger partial charge in [-0.05, 0) is 43.2 Å². The molecule has 0 saturated heterocycles. The van der Waals surface area contributed by atoms with Crippen molar-refractivity contribution in [2.24, 2.45) is 0 Å². The lowest BCUT2D eigenvalue weighted by atomic mass is 10.2. The lowest BCUT2D eigenvalue weighted by Gasteiger charge is -2.13. The Kier molecular flexibility index (Phi) is 6.35. The van der Waals surface area contributed by atoms with E-state index in [0.717, 1.165) is 16.9 Å². The number of hydrogen-bond donors (Lipinski definition) is 2. The predicted molar refractivity (Wildman–Crippen MR) is 94.9 cm³/mol. The Morgan fingerprint density at radius 2 is 1.87 bits per heavy atom. The smallest absolute Gasteiger partial charge is 0.319 e. The van der Waals surface area contributed by atoms with E-state index in [2.05, 4.69) is 10.6 Å². The van der Waals surface area contributed by atoms with Crippen molar-refractivity contribution in [3.05, 3.63) is 60.2 Å². The molecule has 0 aromatic heterocycles. The van der Waals surface area contributed by atoms with E-state index >= 15 is 0 Å². The van der Waals surface area contributed by atoms with Crippen LogP contribution in [-0.2, 0) is 16.6 Å². The summed E-state index contributed by atoms with van der Waals surface area (Å²) in [5.74, 6) is 0.423. The second-order valence-electron chi connectivity index (χ2n) is 5.41. The van der Waals surface area contributed by atoms with Gasteiger partial charge >= 0.3 is 6.03 Å². The van der Waals surface area contributed by atoms with Gasteiger partial charge in [0, 0.05) is 16.6 Å². The summed E-state index contributed by atoms with van der Waals surface area (Å²) in [5.41, 5.74) is 1.63. The van der Waals surface area contributed by atoms with E-state index in [-0.39, 0.29) is 12.1 Å². The van der Waals surface area contributed by atoms with Gasteiger partial charge in [-0.15, -0.1) is 0 Å². The quantitative estimate of drug-likeness (QED) is 0.843. The molecule has 0 saturated carbocycles. The van der Waals surface area contributed by atoms with Gasteiger partial charge in [-0.1, -0.05) is 37.3 Å². The highest BCUT2D eigenvalue weighted by Gasteiger charge is 2.08. The number of rotatable bonds is 6. The van der Waals surface area contributed by atoms with Gasteiger partial charge in [0.25, 0.3) is 0 Å². The zero-order chi connectivity index (χ0) is 16.7. The van der Waals surface area contributed by atoms with Gasteiger partial charge in [0.15, 0.2) is 0 Å². The molecule has 2 aromatic carbocycles. The number of carbonyl (C=O) groups excluding carboxylic acids is 1. The van der Waals surface area contributed by atoms with E-state index in [1.54, 1.807) is 0 Å². The van der Waals surface area contributed by atoms with Gasteiger partial charge in [-0.2, -0.15) is 0 Å². The molecular formula is C18H22N2O2S. The Hall–Kier alpha value is -2.14. The summed E-state index contributed by atoms with van der Waals surface area (Å²) in [6.07, 6.45) is 0.878. The van der Waals surface area contributed by atoms with E-state index in [1.165, 1.54) is 0 Å². The Morgan fingerprint density at radius 3 is 2.57 bits per heavy atom. The van der Waals surface area contributed by atoms with Crippen LogP contribution in [0.4, 0.5) is 10.5 Å². The van der Waals surface area contributed by atoms with Crippen molar-refractivity contribution in [1.82, 2.24) is 5.32 Å². The topological polar surface area (TPSA) is 58.2 Å². The van der Waals surface area contributed by atoms with Crippen molar-refractivity contribution in [3.63, 3.8) is 0 Å². The number of nitrogens with one attached hydrogen (secondary N) is 2. The van der Waals surface area contributed by atoms with Crippen LogP contribution >= 0.6 is 0 Å². The second kappa shape index (κ2) is 8.48. The lowest BCUT2D eigenvalue weighted by molar-refractivity contribution is 0.249. The molecule has 0 bridgehead atoms. The summed E-state index contributed by atoms with van der Waals surface area (Å²) in [4.78, 5) is 12.7. The average Bonchev–Trinajstić information content (AvgIpc) is 2.55. The van der Waals surface area contributed by atoms with Gasteiger partial charge in [0.05, 0.1) is 16.6 Å². The van der Waals surface area contributed by atoms with Crippen LogP contribution in [-0.4, -0.2) is 16.3 Å². The Balaban J connectivity index is 2.00. The van der Waals surface area contributed by atoms with E-state index in [0.29, 0.717) is 11.4 Å². The standard InChI is InChI=1S/C18H22N2O2S/c1-3-14(2)19-18(21)20-16-9-7-8-15(12-16)13-23(22)17-10-5-4-6-11-17/h4-12,14H,3,13H2,1-2H3,(H2,19,20,21). The molecule has 0 spiro atoms. The van der Waals surface area contributed by atoms with Crippen molar-refractivity contribution in [3.8, 4) is 0 Å². The Labute approximate surface area is 139 Å². The monoisotopic (exact) mass is 330 g/mol. The maximum Gasteiger partial charge on any atom is 0.319 e. The fraction of sp³-hybridized carbons (Fsp3) is 0.278. The van der Waals surface area contributed by atoms with E-state index in [4.69, 9.17) is 0 Å². The molecule has 2 N–H and O–H groups in total. The van der Waals surface area contributed by atoms with Crippen molar-refractivity contribution >= 4 is 22.5 Å². The summed E-state index contributed by atoms with van der Waals surface area (Å²) in [5, 5.41) is 5.67. The third-order valence-electron chi connectivity index (χ3n) is 3.48. The molecule has 0 aliphatic rings. The summed E-state index contributed by atoms with van der Waals surface area (Å²) in [7, 11) is -1.09. The maximum atomic E-state index is 12.3. The molecule has 0 fully saturated rings. The van der Waals surface area contributed by atoms with Crippen molar-refractivity contribution in [2.75, 3.05) is 5.32 Å². The number of carbonyl (C=O) groups is 1. The first-order valence-electron chi connectivity index (χ1n) is 7.68. The minimum absolute atomic E-state index is 0.128. The van der Waals surface area contributed by atoms with Crippen LogP contribution in [0, 0.1) is 0 Å². The molecule has 2 unspecified atom stereocenters. The van der Waals surface area contributed by atoms with Gasteiger partial charge in [0.1, 0.15) is 0 Å². The molecule has 2 amide bonds. The zero-order valence-corrected chi connectivity index (χ0v) is 14.2. The van der Waals surface area contributed by atoms with Crippen LogP contribution in [0.5, 0.6) is 0 Å². The Morgan fingerprint density at radius 1 is 1.13 bits per heavy atom. The molecule has 2 rings (SSSR count). The van der Waals surface area contributed by atoms with Crippen LogP contribution in [0.25, 0.3) is 0 Å². The molecule has 0 aliphatic carbocycles. The van der Waals surface area contributed by atoms with Crippen molar-refractivity contribution in [1.29, 1.82) is 0 Å². The minimum Gasteiger partial charge on any atom is -0.335 e. The van der Waals surface area contributed by atoms with Gasteiger partial charge in [-0.25, -0.2) is 4.79 Å². The van der Waals surface area contributed by atoms with Crippen molar-refractivity contribution < 1.29 is 9.00 Å². The minimum atomic E-state index is -1.09. The number of urea groups is 1. The summed E-state index contributed by atoms with van der Waals surface area (Å²) < 4.78 is 12.3. The van der Waals surface area contributed by atoms with E-state index in [9.17, 15) is 9.00 Å². The van der Waals surface area contributed by atoms with Crippen LogP contribution in [0.15, 0.2) is 59.5 Å². The first kappa shape index (κ1) is 17.2. The third-order valence-corrected chi connectivity index (χ3v) is 4.87. The molecule has 2 aromatic rings. The molecule has 23 heavy (non-hydrogen) atoms. The largest absolute Gasteiger partial charge is 0.335 e. The molecule has 2 atom stereocenters. The average molecular weight is 330 g/mol. The normalized spacial score (nSPS) is 13.1. The SMILES string of the molecule is CCC(C)NC(=O)Nc1cccc(CS(=O)c2ccccc2)c1. The molecule has 0 radical (unpaired) electrons. The van der Waals surface area contributed by atoms with Gasteiger partial charge in [0.2, 0.25) is 0 Å². The first-order valence-corrected chi connectivity index (χ1v) is 9.00. The van der Waals surface area contributed by atoms with Crippen molar-refractivity contribution in [2.45, 2.75) is 37.0 Å².